The van der Waals surface area contributed by atoms with Crippen molar-refractivity contribution in [2.24, 2.45) is 5.73 Å². The quantitative estimate of drug-likeness (QED) is 0.159. The molecule has 0 aliphatic carbocycles. The third-order valence-corrected chi connectivity index (χ3v) is 6.36. The molecule has 1 aliphatic heterocycles. The average Bonchev–Trinajstić information content (AvgIpc) is 2.89. The summed E-state index contributed by atoms with van der Waals surface area (Å²) in [6.07, 6.45) is 5.13. The van der Waals surface area contributed by atoms with Crippen LogP contribution >= 0.6 is 11.8 Å². The molecule has 2 atom stereocenters. The largest absolute Gasteiger partial charge is 0.456 e. The maximum atomic E-state index is 14.3. The number of hydrogen-bond acceptors (Lipinski definition) is 9. The first-order valence-electron chi connectivity index (χ1n) is 12.6. The van der Waals surface area contributed by atoms with E-state index in [0.29, 0.717) is 31.6 Å². The molecule has 39 heavy (non-hydrogen) atoms. The van der Waals surface area contributed by atoms with Gasteiger partial charge in [0.1, 0.15) is 29.4 Å². The van der Waals surface area contributed by atoms with Crippen LogP contribution in [0, 0.1) is 5.82 Å². The fraction of sp³-hybridized carbons (Fsp3) is 0.462. The number of cyclic esters (lactones) is 1. The molecule has 1 unspecified atom stereocenters. The van der Waals surface area contributed by atoms with Crippen molar-refractivity contribution in [3.8, 4) is 0 Å². The van der Waals surface area contributed by atoms with E-state index in [-0.39, 0.29) is 41.6 Å². The first-order valence-corrected chi connectivity index (χ1v) is 13.5. The molecule has 0 spiro atoms. The van der Waals surface area contributed by atoms with Crippen LogP contribution < -0.4 is 21.7 Å². The Bertz CT molecular complexity index is 1130. The van der Waals surface area contributed by atoms with Crippen molar-refractivity contribution in [1.29, 1.82) is 0 Å². The summed E-state index contributed by atoms with van der Waals surface area (Å²) in [5.41, 5.74) is 5.09. The minimum absolute atomic E-state index is 0.0309. The number of amides is 3. The molecular weight excluding hydrogens is 529 g/mol. The Balaban J connectivity index is 2.37. The minimum atomic E-state index is -1.08. The van der Waals surface area contributed by atoms with E-state index < -0.39 is 41.7 Å². The second-order valence-electron chi connectivity index (χ2n) is 8.61. The number of allylic oxidation sites excluding steroid dienone is 2. The molecule has 0 radical (unpaired) electrons. The third-order valence-electron chi connectivity index (χ3n) is 5.52. The summed E-state index contributed by atoms with van der Waals surface area (Å²) in [5.74, 6) is -3.06. The predicted octanol–water partition coefficient (Wildman–Crippen LogP) is 1.63. The number of ether oxygens (including phenoxy) is 1. The van der Waals surface area contributed by atoms with Gasteiger partial charge in [0.25, 0.3) is 11.8 Å². The molecule has 2 heterocycles. The molecule has 1 aromatic rings. The van der Waals surface area contributed by atoms with E-state index in [0.717, 1.165) is 23.9 Å². The van der Waals surface area contributed by atoms with E-state index in [1.165, 1.54) is 26.0 Å². The van der Waals surface area contributed by atoms with Crippen LogP contribution in [0.3, 0.4) is 0 Å². The number of carbonyl (C=O) groups is 5. The van der Waals surface area contributed by atoms with Crippen LogP contribution in [0.2, 0.25) is 0 Å². The van der Waals surface area contributed by atoms with Gasteiger partial charge in [-0.2, -0.15) is 0 Å². The lowest BCUT2D eigenvalue weighted by Crippen LogP contribution is -2.46. The fourth-order valence-electron chi connectivity index (χ4n) is 3.50. The van der Waals surface area contributed by atoms with Crippen molar-refractivity contribution in [3.63, 3.8) is 0 Å². The lowest BCUT2D eigenvalue weighted by molar-refractivity contribution is -0.152. The van der Waals surface area contributed by atoms with Gasteiger partial charge in [-0.1, -0.05) is 23.9 Å². The molecule has 0 fully saturated rings. The zero-order valence-corrected chi connectivity index (χ0v) is 22.8. The maximum Gasteiger partial charge on any atom is 0.329 e. The highest BCUT2D eigenvalue weighted by Gasteiger charge is 2.27. The summed E-state index contributed by atoms with van der Waals surface area (Å²) < 4.78 is 19.9. The number of nitrogens with one attached hydrogen (secondary N) is 3. The van der Waals surface area contributed by atoms with Gasteiger partial charge in [-0.05, 0) is 57.4 Å². The van der Waals surface area contributed by atoms with Crippen molar-refractivity contribution < 1.29 is 33.1 Å². The van der Waals surface area contributed by atoms with Crippen LogP contribution in [-0.4, -0.2) is 58.2 Å². The lowest BCUT2D eigenvalue weighted by Gasteiger charge is -2.22. The van der Waals surface area contributed by atoms with Crippen molar-refractivity contribution in [1.82, 2.24) is 20.9 Å². The topological polar surface area (TPSA) is 170 Å². The second kappa shape index (κ2) is 16.4. The summed E-state index contributed by atoms with van der Waals surface area (Å²) in [4.78, 5) is 66.6. The molecule has 0 saturated carbocycles. The van der Waals surface area contributed by atoms with Gasteiger partial charge in [-0.25, -0.2) is 14.2 Å². The van der Waals surface area contributed by atoms with E-state index >= 15 is 0 Å². The molecular formula is C26H34FN5O6S. The number of thioether (sulfide) groups is 1. The van der Waals surface area contributed by atoms with Gasteiger partial charge in [0.05, 0.1) is 18.7 Å². The van der Waals surface area contributed by atoms with Gasteiger partial charge in [-0.15, -0.1) is 0 Å². The van der Waals surface area contributed by atoms with Gasteiger partial charge in [0.15, 0.2) is 5.12 Å². The number of hydrogen-bond donors (Lipinski definition) is 4. The molecule has 0 saturated heterocycles. The van der Waals surface area contributed by atoms with Crippen molar-refractivity contribution in [2.75, 3.05) is 12.3 Å². The minimum Gasteiger partial charge on any atom is -0.456 e. The number of esters is 1. The zero-order valence-electron chi connectivity index (χ0n) is 22.0. The number of aromatic nitrogens is 1. The van der Waals surface area contributed by atoms with E-state index in [4.69, 9.17) is 10.5 Å². The Morgan fingerprint density at radius 3 is 2.69 bits per heavy atom. The predicted molar refractivity (Wildman–Crippen MR) is 143 cm³/mol. The summed E-state index contributed by atoms with van der Waals surface area (Å²) in [5, 5.41) is 7.50. The second-order valence-corrected chi connectivity index (χ2v) is 9.88. The number of carbonyl (C=O) groups excluding carboxylic acids is 5. The Labute approximate surface area is 230 Å². The number of unbranched alkanes of at least 4 members (excludes halogenated alkanes) is 1. The van der Waals surface area contributed by atoms with E-state index in [2.05, 4.69) is 20.9 Å². The SMILES string of the molecule is C/C=C1\NC(=O)c2ccc(F)c(n2)CNC(=O)C[C@@H](/C=C/CCSC(C)=O)OC(=O)C(CCCCN)NC1=O. The van der Waals surface area contributed by atoms with Crippen LogP contribution in [0.25, 0.3) is 0 Å². The third kappa shape index (κ3) is 11.0. The molecule has 2 bridgehead atoms. The van der Waals surface area contributed by atoms with E-state index in [1.54, 1.807) is 6.08 Å². The first-order chi connectivity index (χ1) is 18.6. The molecule has 1 aliphatic rings. The zero-order chi connectivity index (χ0) is 28.8. The van der Waals surface area contributed by atoms with Crippen molar-refractivity contribution in [2.45, 2.75) is 64.6 Å². The number of nitrogens with two attached hydrogens (primary N) is 1. The Morgan fingerprint density at radius 2 is 2.00 bits per heavy atom. The van der Waals surface area contributed by atoms with Gasteiger partial charge < -0.3 is 26.4 Å². The van der Waals surface area contributed by atoms with E-state index in [1.807, 2.05) is 0 Å². The van der Waals surface area contributed by atoms with Crippen LogP contribution in [0.15, 0.2) is 36.1 Å². The number of halogens is 1. The number of fused-ring (bicyclic) bond motifs is 2. The van der Waals surface area contributed by atoms with Gasteiger partial charge >= 0.3 is 5.97 Å². The molecule has 13 heteroatoms. The number of rotatable bonds is 8. The van der Waals surface area contributed by atoms with E-state index in [9.17, 15) is 28.4 Å². The smallest absolute Gasteiger partial charge is 0.329 e. The number of nitrogens with zero attached hydrogens (tertiary/aromatic N) is 1. The molecule has 1 aromatic heterocycles. The van der Waals surface area contributed by atoms with Crippen LogP contribution in [-0.2, 0) is 30.5 Å². The Hall–Kier alpha value is -3.58. The van der Waals surface area contributed by atoms with Gasteiger partial charge in [0.2, 0.25) is 5.91 Å². The average molecular weight is 564 g/mol. The highest BCUT2D eigenvalue weighted by Crippen LogP contribution is 2.12. The monoisotopic (exact) mass is 563 g/mol. The molecule has 5 N–H and O–H groups in total. The molecule has 2 rings (SSSR count). The Morgan fingerprint density at radius 1 is 1.23 bits per heavy atom. The summed E-state index contributed by atoms with van der Waals surface area (Å²) in [6, 6.07) is 1.12. The van der Waals surface area contributed by atoms with Crippen molar-refractivity contribution in [3.05, 3.63) is 53.3 Å². The standard InChI is InChI=1S/C26H34FN5O6S/c1-3-19-24(35)32-21(9-4-6-12-28)26(37)38-17(8-5-7-13-39-16(2)33)14-23(34)29-15-22-18(27)10-11-20(30-22)25(36)31-19/h3,5,8,10-11,17,21H,4,6-7,9,12-15,28H2,1-2H3,(H,29,34)(H,31,36)(H,32,35)/b8-5+,19-3-/t17-,21?/m1/s1. The Kier molecular flexibility index (Phi) is 13.3. The van der Waals surface area contributed by atoms with Gasteiger partial charge in [0, 0.05) is 12.7 Å². The highest BCUT2D eigenvalue weighted by molar-refractivity contribution is 8.13. The van der Waals surface area contributed by atoms with Gasteiger partial charge in [-0.3, -0.25) is 19.2 Å². The fourth-order valence-corrected chi connectivity index (χ4v) is 4.04. The lowest BCUT2D eigenvalue weighted by atomic mass is 10.1. The normalized spacial score (nSPS) is 20.4. The maximum absolute atomic E-state index is 14.3. The first kappa shape index (κ1) is 31.6. The summed E-state index contributed by atoms with van der Waals surface area (Å²) in [6.45, 7) is 3.06. The molecule has 0 aromatic carbocycles. The highest BCUT2D eigenvalue weighted by atomic mass is 32.2. The van der Waals surface area contributed by atoms with Crippen LogP contribution in [0.1, 0.15) is 62.1 Å². The van der Waals surface area contributed by atoms with Crippen LogP contribution in [0.4, 0.5) is 4.39 Å². The van der Waals surface area contributed by atoms with Crippen LogP contribution in [0.5, 0.6) is 0 Å². The summed E-state index contributed by atoms with van der Waals surface area (Å²) >= 11 is 1.14. The molecule has 212 valence electrons. The summed E-state index contributed by atoms with van der Waals surface area (Å²) in [7, 11) is 0. The number of pyridine rings is 1. The molecule has 3 amide bonds. The molecule has 11 nitrogen and oxygen atoms in total. The van der Waals surface area contributed by atoms with Crippen molar-refractivity contribution >= 4 is 40.6 Å².